The summed E-state index contributed by atoms with van der Waals surface area (Å²) in [6.45, 7) is 9.84. The van der Waals surface area contributed by atoms with Crippen LogP contribution in [-0.4, -0.2) is 86.1 Å². The molecule has 1 saturated heterocycles. The molecule has 1 aliphatic heterocycles. The van der Waals surface area contributed by atoms with E-state index in [2.05, 4.69) is 0 Å². The standard InChI is InChI=1S/C21H35Cl2N3O7/c1-20(2,3)32-18(30)26(19(31)33-21(4,5)6)13(9-7-8-10-24)16(27)25-11-12(22)14(23)15(25)17(28)29/h12-15H,7-11,24H2,1-6H3,(H,28,29)/t12?,13-,14?,15?/m0/s1. The first kappa shape index (κ1) is 29.3. The van der Waals surface area contributed by atoms with Crippen molar-refractivity contribution >= 4 is 47.3 Å². The van der Waals surface area contributed by atoms with Gasteiger partial charge in [-0.05, 0) is 67.3 Å². The number of imide groups is 1. The summed E-state index contributed by atoms with van der Waals surface area (Å²) in [5.74, 6) is -2.13. The zero-order chi connectivity index (χ0) is 25.7. The van der Waals surface area contributed by atoms with E-state index in [1.54, 1.807) is 41.5 Å². The van der Waals surface area contributed by atoms with Crippen LogP contribution < -0.4 is 5.73 Å². The molecule has 0 aliphatic carbocycles. The van der Waals surface area contributed by atoms with Crippen LogP contribution in [0.1, 0.15) is 60.8 Å². The predicted molar refractivity (Wildman–Crippen MR) is 123 cm³/mol. The molecule has 0 spiro atoms. The fourth-order valence-electron chi connectivity index (χ4n) is 3.26. The first-order valence-electron chi connectivity index (χ1n) is 10.8. The Labute approximate surface area is 204 Å². The van der Waals surface area contributed by atoms with Gasteiger partial charge in [-0.25, -0.2) is 14.4 Å². The van der Waals surface area contributed by atoms with Crippen molar-refractivity contribution in [2.24, 2.45) is 5.73 Å². The molecule has 190 valence electrons. The largest absolute Gasteiger partial charge is 0.480 e. The minimum Gasteiger partial charge on any atom is -0.480 e. The van der Waals surface area contributed by atoms with Crippen molar-refractivity contribution in [2.75, 3.05) is 13.1 Å². The van der Waals surface area contributed by atoms with Gasteiger partial charge in [-0.2, -0.15) is 4.90 Å². The lowest BCUT2D eigenvalue weighted by Crippen LogP contribution is -2.57. The van der Waals surface area contributed by atoms with Crippen molar-refractivity contribution in [3.8, 4) is 0 Å². The van der Waals surface area contributed by atoms with E-state index < -0.39 is 58.1 Å². The number of hydrogen-bond acceptors (Lipinski definition) is 7. The molecule has 0 aromatic rings. The fraction of sp³-hybridized carbons (Fsp3) is 0.810. The van der Waals surface area contributed by atoms with Crippen molar-refractivity contribution in [3.05, 3.63) is 0 Å². The van der Waals surface area contributed by atoms with Crippen LogP contribution >= 0.6 is 23.2 Å². The van der Waals surface area contributed by atoms with Crippen molar-refractivity contribution in [3.63, 3.8) is 0 Å². The molecule has 1 aliphatic rings. The molecule has 0 radical (unpaired) electrons. The second-order valence-electron chi connectivity index (χ2n) is 9.87. The van der Waals surface area contributed by atoms with Gasteiger partial charge in [0.1, 0.15) is 23.3 Å². The number of alkyl halides is 2. The van der Waals surface area contributed by atoms with Crippen molar-refractivity contribution in [1.29, 1.82) is 0 Å². The molecule has 1 heterocycles. The number of amides is 3. The SMILES string of the molecule is CC(C)(C)OC(=O)N(C(=O)OC(C)(C)C)[C@@H](CCCCN)C(=O)N1CC(Cl)C(Cl)C1C(=O)O. The van der Waals surface area contributed by atoms with E-state index in [4.69, 9.17) is 38.4 Å². The lowest BCUT2D eigenvalue weighted by molar-refractivity contribution is -0.150. The van der Waals surface area contributed by atoms with Gasteiger partial charge in [0.25, 0.3) is 0 Å². The smallest absolute Gasteiger partial charge is 0.420 e. The third-order valence-electron chi connectivity index (χ3n) is 4.60. The number of unbranched alkanes of at least 4 members (excludes halogenated alkanes) is 1. The summed E-state index contributed by atoms with van der Waals surface area (Å²) in [7, 11) is 0. The van der Waals surface area contributed by atoms with Gasteiger partial charge in [0.2, 0.25) is 5.91 Å². The Morgan fingerprint density at radius 1 is 1.03 bits per heavy atom. The molecule has 33 heavy (non-hydrogen) atoms. The minimum atomic E-state index is -1.42. The van der Waals surface area contributed by atoms with E-state index in [0.29, 0.717) is 24.3 Å². The Morgan fingerprint density at radius 3 is 1.91 bits per heavy atom. The monoisotopic (exact) mass is 511 g/mol. The van der Waals surface area contributed by atoms with Crippen LogP contribution in [0.2, 0.25) is 0 Å². The summed E-state index contributed by atoms with van der Waals surface area (Å²) in [4.78, 5) is 53.1. The summed E-state index contributed by atoms with van der Waals surface area (Å²) in [6, 6.07) is -2.81. The average molecular weight is 512 g/mol. The van der Waals surface area contributed by atoms with Gasteiger partial charge in [-0.1, -0.05) is 0 Å². The van der Waals surface area contributed by atoms with Gasteiger partial charge in [0.05, 0.1) is 10.8 Å². The van der Waals surface area contributed by atoms with E-state index in [-0.39, 0.29) is 13.0 Å². The normalized spacial score (nSPS) is 22.0. The fourth-order valence-corrected chi connectivity index (χ4v) is 3.87. The van der Waals surface area contributed by atoms with Crippen LogP contribution in [0.15, 0.2) is 0 Å². The molecule has 0 aromatic carbocycles. The van der Waals surface area contributed by atoms with Gasteiger partial charge in [0, 0.05) is 6.54 Å². The van der Waals surface area contributed by atoms with Crippen LogP contribution in [0, 0.1) is 0 Å². The second kappa shape index (κ2) is 11.6. The number of likely N-dealkylation sites (tertiary alicyclic amines) is 1. The highest BCUT2D eigenvalue weighted by molar-refractivity contribution is 6.32. The van der Waals surface area contributed by atoms with Crippen LogP contribution in [-0.2, 0) is 19.1 Å². The molecule has 3 amide bonds. The Bertz CT molecular complexity index is 708. The molecule has 12 heteroatoms. The Morgan fingerprint density at radius 2 is 1.52 bits per heavy atom. The highest BCUT2D eigenvalue weighted by Gasteiger charge is 2.50. The maximum absolute atomic E-state index is 13.6. The maximum Gasteiger partial charge on any atom is 0.420 e. The third-order valence-corrected chi connectivity index (χ3v) is 5.68. The van der Waals surface area contributed by atoms with Crippen molar-refractivity contribution < 1.29 is 33.8 Å². The number of aliphatic carboxylic acids is 1. The van der Waals surface area contributed by atoms with Crippen LogP contribution in [0.5, 0.6) is 0 Å². The zero-order valence-electron chi connectivity index (χ0n) is 20.0. The summed E-state index contributed by atoms with van der Waals surface area (Å²) < 4.78 is 10.7. The summed E-state index contributed by atoms with van der Waals surface area (Å²) >= 11 is 12.3. The highest BCUT2D eigenvalue weighted by atomic mass is 35.5. The topological polar surface area (TPSA) is 139 Å². The number of carboxylic acids is 1. The van der Waals surface area contributed by atoms with Gasteiger partial charge < -0.3 is 25.2 Å². The van der Waals surface area contributed by atoms with Gasteiger partial charge in [0.15, 0.2) is 0 Å². The third kappa shape index (κ3) is 8.50. The number of hydrogen-bond donors (Lipinski definition) is 2. The van der Waals surface area contributed by atoms with E-state index in [1.165, 1.54) is 0 Å². The van der Waals surface area contributed by atoms with Gasteiger partial charge >= 0.3 is 18.2 Å². The van der Waals surface area contributed by atoms with Crippen LogP contribution in [0.25, 0.3) is 0 Å². The number of rotatable bonds is 7. The number of carbonyl (C=O) groups is 4. The van der Waals surface area contributed by atoms with E-state index >= 15 is 0 Å². The molecule has 10 nitrogen and oxygen atoms in total. The predicted octanol–water partition coefficient (Wildman–Crippen LogP) is 3.17. The number of nitrogens with two attached hydrogens (primary N) is 1. The van der Waals surface area contributed by atoms with Crippen molar-refractivity contribution in [2.45, 2.75) is 94.8 Å². The first-order chi connectivity index (χ1) is 15.0. The zero-order valence-corrected chi connectivity index (χ0v) is 21.5. The number of carboxylic acid groups (broad SMARTS) is 1. The van der Waals surface area contributed by atoms with Crippen LogP contribution in [0.4, 0.5) is 9.59 Å². The van der Waals surface area contributed by atoms with Crippen LogP contribution in [0.3, 0.4) is 0 Å². The highest BCUT2D eigenvalue weighted by Crippen LogP contribution is 2.30. The minimum absolute atomic E-state index is 0.0251. The number of ether oxygens (including phenoxy) is 2. The summed E-state index contributed by atoms with van der Waals surface area (Å²) in [6.07, 6.45) is -1.25. The molecule has 3 N–H and O–H groups in total. The van der Waals surface area contributed by atoms with Gasteiger partial charge in [-0.15, -0.1) is 23.2 Å². The molecule has 0 bridgehead atoms. The Kier molecular flexibility index (Phi) is 10.3. The maximum atomic E-state index is 13.6. The summed E-state index contributed by atoms with van der Waals surface area (Å²) in [5, 5.41) is 7.76. The number of carbonyl (C=O) groups excluding carboxylic acids is 3. The molecule has 0 aromatic heterocycles. The van der Waals surface area contributed by atoms with Crippen molar-refractivity contribution in [1.82, 2.24) is 9.80 Å². The molecule has 1 fully saturated rings. The number of nitrogens with zero attached hydrogens (tertiary/aromatic N) is 2. The molecular weight excluding hydrogens is 477 g/mol. The lowest BCUT2D eigenvalue weighted by Gasteiger charge is -2.35. The molecule has 4 atom stereocenters. The quantitative estimate of drug-likeness (QED) is 0.392. The lowest BCUT2D eigenvalue weighted by atomic mass is 10.1. The average Bonchev–Trinajstić information content (AvgIpc) is 2.92. The Balaban J connectivity index is 3.45. The molecule has 1 rings (SSSR count). The first-order valence-corrected chi connectivity index (χ1v) is 11.6. The number of halogens is 2. The van der Waals surface area contributed by atoms with E-state index in [9.17, 15) is 24.3 Å². The molecule has 0 saturated carbocycles. The van der Waals surface area contributed by atoms with E-state index in [0.717, 1.165) is 4.90 Å². The molecular formula is C21H35Cl2N3O7. The van der Waals surface area contributed by atoms with Gasteiger partial charge in [-0.3, -0.25) is 4.79 Å². The van der Waals surface area contributed by atoms with E-state index in [1.807, 2.05) is 0 Å². The Hall–Kier alpha value is -1.78. The molecule has 3 unspecified atom stereocenters. The summed E-state index contributed by atoms with van der Waals surface area (Å²) in [5.41, 5.74) is 3.63. The second-order valence-corrected chi connectivity index (χ2v) is 10.9.